The molecule has 0 radical (unpaired) electrons. The summed E-state index contributed by atoms with van der Waals surface area (Å²) in [5.74, 6) is 0.419. The summed E-state index contributed by atoms with van der Waals surface area (Å²) in [5, 5.41) is 2.92. The first-order valence-electron chi connectivity index (χ1n) is 9.84. The van der Waals surface area contributed by atoms with Crippen LogP contribution in [0.25, 0.3) is 0 Å². The lowest BCUT2D eigenvalue weighted by molar-refractivity contribution is -0.123. The van der Waals surface area contributed by atoms with Crippen LogP contribution >= 0.6 is 0 Å². The quantitative estimate of drug-likeness (QED) is 0.881. The van der Waals surface area contributed by atoms with E-state index in [2.05, 4.69) is 10.2 Å². The average Bonchev–Trinajstić information content (AvgIpc) is 3.10. The second kappa shape index (κ2) is 8.40. The Morgan fingerprint density at radius 2 is 1.85 bits per heavy atom. The third kappa shape index (κ3) is 5.08. The smallest absolute Gasteiger partial charge is 0.255 e. The topological polar surface area (TPSA) is 61.9 Å². The SMILES string of the molecule is CC(C)(C)C(=O)Nc1ccccc1C(=O)N1CCC(CN2CCOCC2)C1. The number of amides is 2. The Bertz CT molecular complexity index is 677. The lowest BCUT2D eigenvalue weighted by Gasteiger charge is -2.29. The molecule has 6 heteroatoms. The van der Waals surface area contributed by atoms with Gasteiger partial charge in [-0.25, -0.2) is 0 Å². The summed E-state index contributed by atoms with van der Waals surface area (Å²) in [6.45, 7) is 11.7. The normalized spacial score (nSPS) is 21.3. The van der Waals surface area contributed by atoms with Crippen molar-refractivity contribution in [3.63, 3.8) is 0 Å². The molecule has 0 bridgehead atoms. The van der Waals surface area contributed by atoms with Gasteiger partial charge in [0.05, 0.1) is 24.5 Å². The van der Waals surface area contributed by atoms with E-state index in [0.717, 1.165) is 52.4 Å². The molecule has 1 unspecified atom stereocenters. The number of carbonyl (C=O) groups is 2. The van der Waals surface area contributed by atoms with Gasteiger partial charge in [0.15, 0.2) is 0 Å². The summed E-state index contributed by atoms with van der Waals surface area (Å²) in [7, 11) is 0. The Morgan fingerprint density at radius 3 is 2.56 bits per heavy atom. The van der Waals surface area contributed by atoms with Crippen molar-refractivity contribution < 1.29 is 14.3 Å². The molecular formula is C21H31N3O3. The van der Waals surface area contributed by atoms with Gasteiger partial charge in [-0.15, -0.1) is 0 Å². The van der Waals surface area contributed by atoms with Gasteiger partial charge in [0.25, 0.3) is 5.91 Å². The van der Waals surface area contributed by atoms with E-state index in [-0.39, 0.29) is 11.8 Å². The third-order valence-electron chi connectivity index (χ3n) is 5.28. The molecule has 2 aliphatic rings. The number of likely N-dealkylation sites (tertiary alicyclic amines) is 1. The highest BCUT2D eigenvalue weighted by Gasteiger charge is 2.30. The summed E-state index contributed by atoms with van der Waals surface area (Å²) in [4.78, 5) is 29.8. The summed E-state index contributed by atoms with van der Waals surface area (Å²) in [6.07, 6.45) is 1.03. The number of morpholine rings is 1. The van der Waals surface area contributed by atoms with Crippen LogP contribution in [0.5, 0.6) is 0 Å². The highest BCUT2D eigenvalue weighted by molar-refractivity contribution is 6.04. The van der Waals surface area contributed by atoms with Gasteiger partial charge in [-0.2, -0.15) is 0 Å². The monoisotopic (exact) mass is 373 g/mol. The van der Waals surface area contributed by atoms with Crippen LogP contribution in [-0.4, -0.2) is 67.6 Å². The Hall–Kier alpha value is -1.92. The molecule has 3 rings (SSSR count). The van der Waals surface area contributed by atoms with E-state index in [0.29, 0.717) is 17.2 Å². The van der Waals surface area contributed by atoms with Gasteiger partial charge in [-0.05, 0) is 24.5 Å². The fourth-order valence-corrected chi connectivity index (χ4v) is 3.57. The predicted octanol–water partition coefficient (Wildman–Crippen LogP) is 2.47. The van der Waals surface area contributed by atoms with Crippen molar-refractivity contribution in [3.05, 3.63) is 29.8 Å². The molecule has 27 heavy (non-hydrogen) atoms. The van der Waals surface area contributed by atoms with Crippen molar-refractivity contribution in [2.45, 2.75) is 27.2 Å². The molecule has 0 aliphatic carbocycles. The maximum Gasteiger partial charge on any atom is 0.255 e. The molecule has 1 atom stereocenters. The molecule has 1 aromatic rings. The summed E-state index contributed by atoms with van der Waals surface area (Å²) < 4.78 is 5.41. The Morgan fingerprint density at radius 1 is 1.15 bits per heavy atom. The maximum atomic E-state index is 13.1. The minimum atomic E-state index is -0.507. The molecule has 2 saturated heterocycles. The van der Waals surface area contributed by atoms with Gasteiger partial charge in [0, 0.05) is 38.1 Å². The van der Waals surface area contributed by atoms with E-state index in [1.54, 1.807) is 12.1 Å². The first kappa shape index (κ1) is 19.8. The zero-order valence-electron chi connectivity index (χ0n) is 16.7. The fourth-order valence-electron chi connectivity index (χ4n) is 3.57. The number of carbonyl (C=O) groups excluding carboxylic acids is 2. The molecule has 1 aromatic carbocycles. The molecule has 2 fully saturated rings. The minimum absolute atomic E-state index is 0.00397. The number of rotatable bonds is 4. The van der Waals surface area contributed by atoms with Crippen LogP contribution in [-0.2, 0) is 9.53 Å². The maximum absolute atomic E-state index is 13.1. The molecule has 148 valence electrons. The van der Waals surface area contributed by atoms with Crippen molar-refractivity contribution in [3.8, 4) is 0 Å². The van der Waals surface area contributed by atoms with E-state index in [4.69, 9.17) is 4.74 Å². The van der Waals surface area contributed by atoms with Crippen molar-refractivity contribution in [1.29, 1.82) is 0 Å². The number of benzene rings is 1. The molecule has 2 aliphatic heterocycles. The second-order valence-electron chi connectivity index (χ2n) is 8.57. The van der Waals surface area contributed by atoms with Crippen molar-refractivity contribution in [2.24, 2.45) is 11.3 Å². The van der Waals surface area contributed by atoms with Crippen molar-refractivity contribution in [1.82, 2.24) is 9.80 Å². The lowest BCUT2D eigenvalue weighted by atomic mass is 9.95. The highest BCUT2D eigenvalue weighted by atomic mass is 16.5. The largest absolute Gasteiger partial charge is 0.379 e. The van der Waals surface area contributed by atoms with E-state index in [1.807, 2.05) is 37.8 Å². The van der Waals surface area contributed by atoms with Gasteiger partial charge in [0.2, 0.25) is 5.91 Å². The number of para-hydroxylation sites is 1. The van der Waals surface area contributed by atoms with Crippen LogP contribution in [0.1, 0.15) is 37.6 Å². The first-order chi connectivity index (χ1) is 12.8. The van der Waals surface area contributed by atoms with E-state index in [9.17, 15) is 9.59 Å². The zero-order chi connectivity index (χ0) is 19.4. The van der Waals surface area contributed by atoms with Crippen LogP contribution in [0.3, 0.4) is 0 Å². The standard InChI is InChI=1S/C21H31N3O3/c1-21(2,3)20(26)22-18-7-5-4-6-17(18)19(25)24-9-8-16(15-24)14-23-10-12-27-13-11-23/h4-7,16H,8-15H2,1-3H3,(H,22,26). The Labute approximate surface area is 161 Å². The van der Waals surface area contributed by atoms with Gasteiger partial charge >= 0.3 is 0 Å². The highest BCUT2D eigenvalue weighted by Crippen LogP contribution is 2.25. The zero-order valence-corrected chi connectivity index (χ0v) is 16.7. The van der Waals surface area contributed by atoms with Crippen LogP contribution in [0, 0.1) is 11.3 Å². The number of nitrogens with zero attached hydrogens (tertiary/aromatic N) is 2. The Balaban J connectivity index is 1.63. The molecule has 6 nitrogen and oxygen atoms in total. The van der Waals surface area contributed by atoms with Crippen LogP contribution in [0.15, 0.2) is 24.3 Å². The molecule has 0 aromatic heterocycles. The molecule has 1 N–H and O–H groups in total. The number of hydrogen-bond donors (Lipinski definition) is 1. The Kier molecular flexibility index (Phi) is 6.17. The van der Waals surface area contributed by atoms with Gasteiger partial charge in [0.1, 0.15) is 0 Å². The lowest BCUT2D eigenvalue weighted by Crippen LogP contribution is -2.40. The average molecular weight is 373 g/mol. The van der Waals surface area contributed by atoms with Crippen LogP contribution in [0.4, 0.5) is 5.69 Å². The van der Waals surface area contributed by atoms with Crippen LogP contribution in [0.2, 0.25) is 0 Å². The van der Waals surface area contributed by atoms with Gasteiger partial charge in [-0.3, -0.25) is 14.5 Å². The summed E-state index contributed by atoms with van der Waals surface area (Å²) in [5.41, 5.74) is 0.661. The van der Waals surface area contributed by atoms with Crippen molar-refractivity contribution >= 4 is 17.5 Å². The summed E-state index contributed by atoms with van der Waals surface area (Å²) in [6, 6.07) is 7.30. The predicted molar refractivity (Wildman–Crippen MR) is 106 cm³/mol. The molecule has 0 saturated carbocycles. The van der Waals surface area contributed by atoms with Gasteiger partial charge < -0.3 is 15.0 Å². The van der Waals surface area contributed by atoms with Crippen LogP contribution < -0.4 is 5.32 Å². The number of nitrogens with one attached hydrogen (secondary N) is 1. The van der Waals surface area contributed by atoms with E-state index >= 15 is 0 Å². The molecule has 0 spiro atoms. The molecular weight excluding hydrogens is 342 g/mol. The van der Waals surface area contributed by atoms with Crippen molar-refractivity contribution in [2.75, 3.05) is 51.3 Å². The number of ether oxygens (including phenoxy) is 1. The van der Waals surface area contributed by atoms with E-state index < -0.39 is 5.41 Å². The second-order valence-corrected chi connectivity index (χ2v) is 8.57. The summed E-state index contributed by atoms with van der Waals surface area (Å²) >= 11 is 0. The van der Waals surface area contributed by atoms with Gasteiger partial charge in [-0.1, -0.05) is 32.9 Å². The molecule has 2 heterocycles. The first-order valence-corrected chi connectivity index (χ1v) is 9.84. The molecule has 2 amide bonds. The third-order valence-corrected chi connectivity index (χ3v) is 5.28. The number of hydrogen-bond acceptors (Lipinski definition) is 4. The number of anilines is 1. The minimum Gasteiger partial charge on any atom is -0.379 e. The fraction of sp³-hybridized carbons (Fsp3) is 0.619. The van der Waals surface area contributed by atoms with E-state index in [1.165, 1.54) is 0 Å².